The Morgan fingerprint density at radius 3 is 2.25 bits per heavy atom. The molecule has 2 aromatic heterocycles. The molecule has 0 radical (unpaired) electrons. The van der Waals surface area contributed by atoms with E-state index in [9.17, 15) is 9.59 Å². The molecule has 0 spiro atoms. The number of nitrogens with zero attached hydrogens (tertiary/aromatic N) is 3. The van der Waals surface area contributed by atoms with Crippen molar-refractivity contribution in [2.75, 3.05) is 26.3 Å². The molecular formula is C27H26ClN5O3. The van der Waals surface area contributed by atoms with Crippen molar-refractivity contribution in [3.63, 3.8) is 0 Å². The Morgan fingerprint density at radius 2 is 1.58 bits per heavy atom. The number of hydrogen-bond donors (Lipinski definition) is 2. The Kier molecular flexibility index (Phi) is 7.90. The van der Waals surface area contributed by atoms with Crippen molar-refractivity contribution in [3.05, 3.63) is 84.2 Å². The first-order valence-corrected chi connectivity index (χ1v) is 11.4. The summed E-state index contributed by atoms with van der Waals surface area (Å²) >= 11 is 0. The van der Waals surface area contributed by atoms with Gasteiger partial charge in [-0.05, 0) is 28.8 Å². The molecule has 0 atom stereocenters. The second-order valence-corrected chi connectivity index (χ2v) is 8.37. The van der Waals surface area contributed by atoms with Crippen LogP contribution in [0.25, 0.3) is 33.3 Å². The predicted octanol–water partition coefficient (Wildman–Crippen LogP) is 3.39. The average molecular weight is 504 g/mol. The molecule has 8 nitrogen and oxygen atoms in total. The third-order valence-electron chi connectivity index (χ3n) is 6.17. The summed E-state index contributed by atoms with van der Waals surface area (Å²) in [6, 6.07) is 19.5. The standard InChI is InChI=1S/C27H25N5O3.ClH/c28-31-27(34)22-16-25(30-24-9-10-29-17-23(22)24)21-7-5-20(6-8-21)19-3-1-18(2-4-19)15-26(33)32-11-13-35-14-12-32;/h1-10,16-17H,11-15,28H2,(H,31,34);1H. The highest BCUT2D eigenvalue weighted by molar-refractivity contribution is 6.06. The van der Waals surface area contributed by atoms with Crippen molar-refractivity contribution >= 4 is 35.1 Å². The third kappa shape index (κ3) is 5.36. The summed E-state index contributed by atoms with van der Waals surface area (Å²) in [7, 11) is 0. The summed E-state index contributed by atoms with van der Waals surface area (Å²) in [5.41, 5.74) is 7.93. The highest BCUT2D eigenvalue weighted by atomic mass is 35.5. The number of nitrogens with one attached hydrogen (secondary N) is 1. The zero-order valence-electron chi connectivity index (χ0n) is 19.5. The summed E-state index contributed by atoms with van der Waals surface area (Å²) in [5, 5.41) is 0.642. The second kappa shape index (κ2) is 11.3. The predicted molar refractivity (Wildman–Crippen MR) is 140 cm³/mol. The number of nitrogens with two attached hydrogens (primary N) is 1. The van der Waals surface area contributed by atoms with Gasteiger partial charge in [-0.3, -0.25) is 20.0 Å². The fourth-order valence-corrected chi connectivity index (χ4v) is 4.23. The molecule has 1 aliphatic heterocycles. The lowest BCUT2D eigenvalue weighted by Gasteiger charge is -2.26. The highest BCUT2D eigenvalue weighted by Gasteiger charge is 2.17. The first-order valence-electron chi connectivity index (χ1n) is 11.4. The first kappa shape index (κ1) is 25.2. The molecule has 1 fully saturated rings. The van der Waals surface area contributed by atoms with E-state index in [0.717, 1.165) is 22.3 Å². The number of rotatable bonds is 5. The van der Waals surface area contributed by atoms with E-state index in [1.165, 1.54) is 0 Å². The molecule has 4 aromatic rings. The highest BCUT2D eigenvalue weighted by Crippen LogP contribution is 2.27. The lowest BCUT2D eigenvalue weighted by atomic mass is 9.99. The van der Waals surface area contributed by atoms with Crippen molar-refractivity contribution in [1.82, 2.24) is 20.3 Å². The van der Waals surface area contributed by atoms with Crippen LogP contribution in [0.3, 0.4) is 0 Å². The number of pyridine rings is 2. The number of fused-ring (bicyclic) bond motifs is 1. The van der Waals surface area contributed by atoms with Crippen LogP contribution in [0.5, 0.6) is 0 Å². The van der Waals surface area contributed by atoms with Crippen molar-refractivity contribution in [2.24, 2.45) is 5.84 Å². The maximum absolute atomic E-state index is 12.5. The Hall–Kier alpha value is -3.85. The van der Waals surface area contributed by atoms with Gasteiger partial charge in [0.25, 0.3) is 5.91 Å². The SMILES string of the molecule is Cl.NNC(=O)c1cc(-c2ccc(-c3ccc(CC(=O)N4CCOCC4)cc3)cc2)nc2ccncc12. The van der Waals surface area contributed by atoms with Crippen LogP contribution in [0, 0.1) is 0 Å². The van der Waals surface area contributed by atoms with Gasteiger partial charge in [0.05, 0.1) is 36.4 Å². The van der Waals surface area contributed by atoms with Gasteiger partial charge in [-0.2, -0.15) is 0 Å². The Labute approximate surface area is 214 Å². The monoisotopic (exact) mass is 503 g/mol. The fraction of sp³-hybridized carbons (Fsp3) is 0.185. The summed E-state index contributed by atoms with van der Waals surface area (Å²) in [6.07, 6.45) is 3.64. The quantitative estimate of drug-likeness (QED) is 0.245. The van der Waals surface area contributed by atoms with Crippen molar-refractivity contribution < 1.29 is 14.3 Å². The van der Waals surface area contributed by atoms with Gasteiger partial charge in [0, 0.05) is 36.4 Å². The molecule has 3 N–H and O–H groups in total. The zero-order chi connectivity index (χ0) is 24.2. The van der Waals surface area contributed by atoms with E-state index in [-0.39, 0.29) is 18.3 Å². The van der Waals surface area contributed by atoms with Gasteiger partial charge in [-0.15, -0.1) is 12.4 Å². The maximum atomic E-state index is 12.5. The van der Waals surface area contributed by atoms with E-state index < -0.39 is 5.91 Å². The maximum Gasteiger partial charge on any atom is 0.265 e. The molecular weight excluding hydrogens is 478 g/mol. The lowest BCUT2D eigenvalue weighted by molar-refractivity contribution is -0.134. The summed E-state index contributed by atoms with van der Waals surface area (Å²) < 4.78 is 5.32. The van der Waals surface area contributed by atoms with Crippen LogP contribution in [-0.4, -0.2) is 53.0 Å². The van der Waals surface area contributed by atoms with E-state index in [0.29, 0.717) is 54.9 Å². The third-order valence-corrected chi connectivity index (χ3v) is 6.17. The fourth-order valence-electron chi connectivity index (χ4n) is 4.23. The number of carbonyl (C=O) groups is 2. The zero-order valence-corrected chi connectivity index (χ0v) is 20.3. The summed E-state index contributed by atoms with van der Waals surface area (Å²) in [6.45, 7) is 2.53. The van der Waals surface area contributed by atoms with Gasteiger partial charge >= 0.3 is 0 Å². The Morgan fingerprint density at radius 1 is 0.944 bits per heavy atom. The number of ether oxygens (including phenoxy) is 1. The smallest absolute Gasteiger partial charge is 0.265 e. The van der Waals surface area contributed by atoms with E-state index in [1.54, 1.807) is 24.5 Å². The topological polar surface area (TPSA) is 110 Å². The van der Waals surface area contributed by atoms with Crippen LogP contribution in [0.4, 0.5) is 0 Å². The second-order valence-electron chi connectivity index (χ2n) is 8.37. The first-order chi connectivity index (χ1) is 17.1. The van der Waals surface area contributed by atoms with Crippen LogP contribution in [0.2, 0.25) is 0 Å². The number of carbonyl (C=O) groups excluding carboxylic acids is 2. The largest absolute Gasteiger partial charge is 0.378 e. The molecule has 5 rings (SSSR count). The van der Waals surface area contributed by atoms with E-state index in [1.807, 2.05) is 53.4 Å². The van der Waals surface area contributed by atoms with Gasteiger partial charge in [-0.1, -0.05) is 48.5 Å². The summed E-state index contributed by atoms with van der Waals surface area (Å²) in [5.74, 6) is 5.11. The van der Waals surface area contributed by atoms with Crippen molar-refractivity contribution in [3.8, 4) is 22.4 Å². The van der Waals surface area contributed by atoms with Crippen molar-refractivity contribution in [1.29, 1.82) is 0 Å². The molecule has 0 saturated carbocycles. The molecule has 0 bridgehead atoms. The molecule has 1 saturated heterocycles. The Balaban J connectivity index is 0.00000304. The van der Waals surface area contributed by atoms with Crippen LogP contribution < -0.4 is 11.3 Å². The number of hydrazine groups is 1. The number of aromatic nitrogens is 2. The van der Waals surface area contributed by atoms with Gasteiger partial charge in [0.15, 0.2) is 0 Å². The van der Waals surface area contributed by atoms with Gasteiger partial charge in [0.1, 0.15) is 0 Å². The number of benzene rings is 2. The average Bonchev–Trinajstić information content (AvgIpc) is 2.93. The number of halogens is 1. The van der Waals surface area contributed by atoms with E-state index in [2.05, 4.69) is 10.4 Å². The molecule has 2 amide bonds. The molecule has 0 unspecified atom stereocenters. The van der Waals surface area contributed by atoms with E-state index in [4.69, 9.17) is 15.6 Å². The molecule has 2 aromatic carbocycles. The molecule has 36 heavy (non-hydrogen) atoms. The van der Waals surface area contributed by atoms with Crippen LogP contribution in [0.1, 0.15) is 15.9 Å². The van der Waals surface area contributed by atoms with Crippen molar-refractivity contribution in [2.45, 2.75) is 6.42 Å². The number of nitrogen functional groups attached to an aromatic ring is 1. The minimum atomic E-state index is -0.393. The number of morpholine rings is 1. The van der Waals surface area contributed by atoms with Gasteiger partial charge < -0.3 is 9.64 Å². The molecule has 184 valence electrons. The van der Waals surface area contributed by atoms with Crippen LogP contribution in [-0.2, 0) is 16.0 Å². The Bertz CT molecular complexity index is 1370. The molecule has 9 heteroatoms. The molecule has 0 aliphatic carbocycles. The minimum Gasteiger partial charge on any atom is -0.378 e. The van der Waals surface area contributed by atoms with Crippen LogP contribution >= 0.6 is 12.4 Å². The van der Waals surface area contributed by atoms with Gasteiger partial charge in [0.2, 0.25) is 5.91 Å². The number of hydrogen-bond acceptors (Lipinski definition) is 6. The number of amides is 2. The van der Waals surface area contributed by atoms with Crippen LogP contribution in [0.15, 0.2) is 73.1 Å². The lowest BCUT2D eigenvalue weighted by Crippen LogP contribution is -2.41. The molecule has 1 aliphatic rings. The summed E-state index contributed by atoms with van der Waals surface area (Å²) in [4.78, 5) is 35.5. The minimum absolute atomic E-state index is 0. The van der Waals surface area contributed by atoms with E-state index >= 15 is 0 Å². The molecule has 3 heterocycles. The van der Waals surface area contributed by atoms with Gasteiger partial charge in [-0.25, -0.2) is 10.8 Å². The normalized spacial score (nSPS) is 13.2.